The molecule has 6 nitrogen and oxygen atoms in total. The van der Waals surface area contributed by atoms with Gasteiger partial charge >= 0.3 is 145 Å². The molecule has 0 atom stereocenters. The fourth-order valence-corrected chi connectivity index (χ4v) is 1.89. The zero-order valence-electron chi connectivity index (χ0n) is 12.7. The van der Waals surface area contributed by atoms with Crippen molar-refractivity contribution >= 4 is 4.50 Å². The molecule has 0 amide bonds. The Morgan fingerprint density at radius 2 is 1.09 bits per heavy atom. The van der Waals surface area contributed by atoms with Crippen LogP contribution >= 0.6 is 0 Å². The van der Waals surface area contributed by atoms with Crippen LogP contribution in [0.4, 0.5) is 0 Å². The summed E-state index contributed by atoms with van der Waals surface area (Å²) in [5.41, 5.74) is 1.27. The predicted molar refractivity (Wildman–Crippen MR) is 73.1 cm³/mol. The molecule has 0 heterocycles. The Labute approximate surface area is 145 Å². The molecule has 23 heavy (non-hydrogen) atoms. The summed E-state index contributed by atoms with van der Waals surface area (Å²) in [6, 6.07) is 10.4. The molecule has 0 saturated carbocycles. The van der Waals surface area contributed by atoms with E-state index in [2.05, 4.69) is 92.1 Å². The van der Waals surface area contributed by atoms with E-state index in [0.29, 0.717) is 0 Å². The molecule has 1 aromatic carbocycles. The van der Waals surface area contributed by atoms with Crippen LogP contribution in [0.25, 0.3) is 0 Å². The molecule has 0 N–H and O–H groups in total. The van der Waals surface area contributed by atoms with Crippen molar-refractivity contribution in [3.63, 3.8) is 0 Å². The van der Waals surface area contributed by atoms with E-state index >= 15 is 0 Å². The van der Waals surface area contributed by atoms with E-state index in [1.807, 2.05) is 6.07 Å². The van der Waals surface area contributed by atoms with Gasteiger partial charge in [-0.2, -0.15) is 0 Å². The second-order valence-electron chi connectivity index (χ2n) is 2.84. The van der Waals surface area contributed by atoms with Gasteiger partial charge in [-0.15, -0.1) is 0 Å². The molecule has 120 valence electrons. The second-order valence-corrected chi connectivity index (χ2v) is 3.45. The molecular weight excluding hydrogens is 338 g/mol. The summed E-state index contributed by atoms with van der Waals surface area (Å²) >= 11 is 3.14. The summed E-state index contributed by atoms with van der Waals surface area (Å²) < 4.78 is 38.7. The van der Waals surface area contributed by atoms with Gasteiger partial charge in [0.2, 0.25) is 0 Å². The predicted octanol–water partition coefficient (Wildman–Crippen LogP) is 1.87. The zero-order valence-corrected chi connectivity index (χ0v) is 14.0. The first kappa shape index (κ1) is 33.0. The van der Waals surface area contributed by atoms with Crippen molar-refractivity contribution in [2.24, 2.45) is 0 Å². The molecular formula is C16H15CrNO5. The topological polar surface area (TPSA) is 103 Å². The Hall–Kier alpha value is -1.72. The minimum atomic E-state index is 1.05. The minimum absolute atomic E-state index is 1.05. The van der Waals surface area contributed by atoms with Crippen LogP contribution < -0.4 is 0 Å². The van der Waals surface area contributed by atoms with Gasteiger partial charge in [0.15, 0.2) is 0 Å². The summed E-state index contributed by atoms with van der Waals surface area (Å²) in [5, 5.41) is 0. The number of benzene rings is 1. The third-order valence-electron chi connectivity index (χ3n) is 2.07. The molecule has 0 aliphatic heterocycles. The first-order chi connectivity index (χ1) is 11.3. The Kier molecular flexibility index (Phi) is 53.1. The van der Waals surface area contributed by atoms with E-state index in [4.69, 9.17) is 23.3 Å². The molecule has 0 aromatic heterocycles. The Bertz CT molecular complexity index is 424. The zero-order chi connectivity index (χ0) is 19.7. The fraction of sp³-hybridized carbons (Fsp3) is 0.250. The van der Waals surface area contributed by atoms with Gasteiger partial charge in [0.05, 0.1) is 0 Å². The SMILES string of the molecule is CCN(CC)[C](=[Cr])c1ccccc1.[C-]#[O+].[C-]#[O+].[C-]#[O+].[C-]#[O+].[C-]#[O+]. The van der Waals surface area contributed by atoms with Crippen LogP contribution in [0.15, 0.2) is 30.3 Å². The van der Waals surface area contributed by atoms with Gasteiger partial charge in [0.25, 0.3) is 0 Å². The quantitative estimate of drug-likeness (QED) is 0.598. The maximum atomic E-state index is 7.50. The van der Waals surface area contributed by atoms with Crippen LogP contribution in [0.1, 0.15) is 19.4 Å². The molecule has 1 rings (SSSR count). The Morgan fingerprint density at radius 3 is 1.35 bits per heavy atom. The Balaban J connectivity index is -0.0000000923. The summed E-state index contributed by atoms with van der Waals surface area (Å²) in [5.74, 6) is 0. The first-order valence-corrected chi connectivity index (χ1v) is 6.29. The summed E-state index contributed by atoms with van der Waals surface area (Å²) in [4.78, 5) is 2.31. The van der Waals surface area contributed by atoms with Gasteiger partial charge in [0.1, 0.15) is 0 Å². The number of hydrogen-bond donors (Lipinski definition) is 0. The van der Waals surface area contributed by atoms with Gasteiger partial charge in [-0.05, 0) is 0 Å². The van der Waals surface area contributed by atoms with Crippen LogP contribution in [-0.4, -0.2) is 22.5 Å². The third-order valence-corrected chi connectivity index (χ3v) is 2.84. The molecule has 0 radical (unpaired) electrons. The van der Waals surface area contributed by atoms with Crippen molar-refractivity contribution in [3.05, 3.63) is 69.1 Å². The molecule has 0 bridgehead atoms. The molecule has 0 aliphatic rings. The maximum absolute atomic E-state index is 7.50. The van der Waals surface area contributed by atoms with E-state index in [1.54, 1.807) is 0 Å². The van der Waals surface area contributed by atoms with Gasteiger partial charge in [-0.1, -0.05) is 0 Å². The van der Waals surface area contributed by atoms with Crippen LogP contribution in [0.5, 0.6) is 0 Å². The first-order valence-electron chi connectivity index (χ1n) is 5.66. The van der Waals surface area contributed by atoms with E-state index in [0.717, 1.165) is 13.1 Å². The van der Waals surface area contributed by atoms with Crippen molar-refractivity contribution < 1.29 is 39.1 Å². The molecule has 0 spiro atoms. The van der Waals surface area contributed by atoms with Crippen LogP contribution in [0, 0.1) is 33.3 Å². The third kappa shape index (κ3) is 20.3. The van der Waals surface area contributed by atoms with E-state index in [1.165, 1.54) is 10.1 Å². The van der Waals surface area contributed by atoms with Crippen LogP contribution in [0.3, 0.4) is 0 Å². The van der Waals surface area contributed by atoms with Crippen molar-refractivity contribution in [2.75, 3.05) is 13.1 Å². The van der Waals surface area contributed by atoms with Crippen LogP contribution in [0.2, 0.25) is 0 Å². The van der Waals surface area contributed by atoms with Gasteiger partial charge in [0, 0.05) is 0 Å². The Morgan fingerprint density at radius 1 is 0.783 bits per heavy atom. The average Bonchev–Trinajstić information content (AvgIpc) is 2.71. The molecule has 1 aromatic rings. The van der Waals surface area contributed by atoms with Crippen molar-refractivity contribution in [2.45, 2.75) is 13.8 Å². The van der Waals surface area contributed by atoms with Crippen molar-refractivity contribution in [1.29, 1.82) is 0 Å². The van der Waals surface area contributed by atoms with Gasteiger partial charge in [-0.25, -0.2) is 0 Å². The van der Waals surface area contributed by atoms with Crippen molar-refractivity contribution in [1.82, 2.24) is 4.90 Å². The number of hydrogen-bond acceptors (Lipinski definition) is 1. The summed E-state index contributed by atoms with van der Waals surface area (Å²) in [6.07, 6.45) is 0. The normalized spacial score (nSPS) is 6.30. The van der Waals surface area contributed by atoms with Crippen LogP contribution in [-0.2, 0) is 39.1 Å². The summed E-state index contributed by atoms with van der Waals surface area (Å²) in [7, 11) is 0. The number of rotatable bonds is 4. The second kappa shape index (κ2) is 37.0. The van der Waals surface area contributed by atoms with E-state index < -0.39 is 0 Å². The number of nitrogens with zero attached hydrogens (tertiary/aromatic N) is 1. The average molecular weight is 353 g/mol. The van der Waals surface area contributed by atoms with E-state index in [-0.39, 0.29) is 0 Å². The molecule has 0 unspecified atom stereocenters. The monoisotopic (exact) mass is 353 g/mol. The molecule has 0 fully saturated rings. The van der Waals surface area contributed by atoms with Gasteiger partial charge < -0.3 is 0 Å². The van der Waals surface area contributed by atoms with Crippen molar-refractivity contribution in [3.8, 4) is 0 Å². The molecule has 0 aliphatic carbocycles. The van der Waals surface area contributed by atoms with Gasteiger partial charge in [-0.3, -0.25) is 0 Å². The fourth-order valence-electron chi connectivity index (χ4n) is 1.27. The molecule has 0 saturated heterocycles. The molecule has 7 heteroatoms. The van der Waals surface area contributed by atoms with E-state index in [9.17, 15) is 0 Å². The standard InChI is InChI=1S/C11H15N.5CO.Cr/c1-3-12(4-2)10-11-8-6-5-7-9-11;5*1-2;/h5-9H,3-4H2,1-2H3;;;;;;. The summed E-state index contributed by atoms with van der Waals surface area (Å²) in [6.45, 7) is 28.9.